The van der Waals surface area contributed by atoms with Crippen LogP contribution in [0.15, 0.2) is 29.3 Å². The number of nitrogens with one attached hydrogen (secondary N) is 1. The quantitative estimate of drug-likeness (QED) is 0.251. The molecule has 7 nitrogen and oxygen atoms in total. The molecule has 2 N–H and O–H groups in total. The lowest BCUT2D eigenvalue weighted by Gasteiger charge is -2.37. The second-order valence-corrected chi connectivity index (χ2v) is 7.36. The Hall–Kier alpha value is -1.26. The van der Waals surface area contributed by atoms with Gasteiger partial charge in [0.2, 0.25) is 0 Å². The Bertz CT molecular complexity index is 617. The molecule has 3 rings (SSSR count). The lowest BCUT2D eigenvalue weighted by atomic mass is 10.2. The number of nitrogens with zero attached hydrogens (tertiary/aromatic N) is 4. The molecule has 0 aromatic heterocycles. The zero-order valence-corrected chi connectivity index (χ0v) is 19.9. The Morgan fingerprint density at radius 1 is 1.07 bits per heavy atom. The summed E-state index contributed by atoms with van der Waals surface area (Å²) in [5.41, 5.74) is 0.923. The molecule has 2 saturated heterocycles. The molecule has 164 valence electrons. The number of rotatable bonds is 7. The third-order valence-electron chi connectivity index (χ3n) is 5.38. The topological polar surface area (TPSA) is 63.6 Å². The first-order chi connectivity index (χ1) is 13.8. The molecule has 2 aliphatic rings. The monoisotopic (exact) mass is 517 g/mol. The molecule has 0 atom stereocenters. The summed E-state index contributed by atoms with van der Waals surface area (Å²) in [6, 6.07) is 7.58. The Kier molecular flexibility index (Phi) is 10.9. The molecule has 0 radical (unpaired) electrons. The van der Waals surface area contributed by atoms with Crippen LogP contribution in [0.25, 0.3) is 0 Å². The number of phenolic OH excluding ortho intramolecular Hbond substituents is 1. The van der Waals surface area contributed by atoms with Gasteiger partial charge in [0, 0.05) is 52.4 Å². The van der Waals surface area contributed by atoms with E-state index in [0.717, 1.165) is 90.2 Å². The minimum atomic E-state index is 0. The number of anilines is 1. The van der Waals surface area contributed by atoms with Crippen molar-refractivity contribution in [1.29, 1.82) is 0 Å². The lowest BCUT2D eigenvalue weighted by Crippen LogP contribution is -2.52. The van der Waals surface area contributed by atoms with Gasteiger partial charge in [0.1, 0.15) is 5.75 Å². The summed E-state index contributed by atoms with van der Waals surface area (Å²) in [6.45, 7) is 12.5. The van der Waals surface area contributed by atoms with E-state index in [2.05, 4.69) is 26.9 Å². The van der Waals surface area contributed by atoms with E-state index in [1.807, 2.05) is 18.2 Å². The summed E-state index contributed by atoms with van der Waals surface area (Å²) in [5.74, 6) is 1.38. The van der Waals surface area contributed by atoms with Crippen molar-refractivity contribution in [3.8, 4) is 5.75 Å². The summed E-state index contributed by atoms with van der Waals surface area (Å²) in [5, 5.41) is 13.5. The van der Waals surface area contributed by atoms with E-state index in [4.69, 9.17) is 9.73 Å². The Labute approximate surface area is 192 Å². The van der Waals surface area contributed by atoms with Gasteiger partial charge in [-0.2, -0.15) is 0 Å². The largest absolute Gasteiger partial charge is 0.506 e. The van der Waals surface area contributed by atoms with Gasteiger partial charge in [-0.15, -0.1) is 24.0 Å². The van der Waals surface area contributed by atoms with Crippen LogP contribution in [0.1, 0.15) is 19.8 Å². The predicted octanol–water partition coefficient (Wildman–Crippen LogP) is 2.21. The third-order valence-corrected chi connectivity index (χ3v) is 5.38. The number of aliphatic imine (C=N–C) groups is 1. The molecule has 29 heavy (non-hydrogen) atoms. The minimum Gasteiger partial charge on any atom is -0.506 e. The Morgan fingerprint density at radius 3 is 2.48 bits per heavy atom. The smallest absolute Gasteiger partial charge is 0.194 e. The number of halogens is 1. The molecule has 0 amide bonds. The van der Waals surface area contributed by atoms with E-state index in [1.165, 1.54) is 6.42 Å². The molecule has 0 saturated carbocycles. The average molecular weight is 517 g/mol. The van der Waals surface area contributed by atoms with Crippen molar-refractivity contribution in [3.05, 3.63) is 24.3 Å². The minimum absolute atomic E-state index is 0. The molecular formula is C21H36IN5O2. The van der Waals surface area contributed by atoms with Crippen molar-refractivity contribution < 1.29 is 9.84 Å². The van der Waals surface area contributed by atoms with Crippen LogP contribution >= 0.6 is 24.0 Å². The highest BCUT2D eigenvalue weighted by molar-refractivity contribution is 14.0. The molecule has 0 bridgehead atoms. The van der Waals surface area contributed by atoms with Crippen LogP contribution in [0.4, 0.5) is 5.69 Å². The highest BCUT2D eigenvalue weighted by Gasteiger charge is 2.21. The fourth-order valence-electron chi connectivity index (χ4n) is 3.77. The highest BCUT2D eigenvalue weighted by atomic mass is 127. The predicted molar refractivity (Wildman–Crippen MR) is 130 cm³/mol. The fourth-order valence-corrected chi connectivity index (χ4v) is 3.77. The number of para-hydroxylation sites is 2. The van der Waals surface area contributed by atoms with Crippen molar-refractivity contribution in [3.63, 3.8) is 0 Å². The standard InChI is InChI=1S/C21H35N5O2.HI/c1-2-22-21(23-9-5-6-10-24-15-17-28-18-16-24)26-13-11-25(12-14-26)19-7-3-4-8-20(19)27;/h3-4,7-8,27H,2,5-6,9-18H2,1H3,(H,22,23);1H. The molecule has 0 spiro atoms. The zero-order valence-electron chi connectivity index (χ0n) is 17.6. The number of morpholine rings is 1. The van der Waals surface area contributed by atoms with Gasteiger partial charge in [-0.25, -0.2) is 0 Å². The van der Waals surface area contributed by atoms with Crippen LogP contribution in [0.2, 0.25) is 0 Å². The molecule has 2 heterocycles. The van der Waals surface area contributed by atoms with E-state index in [0.29, 0.717) is 5.75 Å². The van der Waals surface area contributed by atoms with Crippen LogP contribution < -0.4 is 10.2 Å². The van der Waals surface area contributed by atoms with Crippen LogP contribution in [0.5, 0.6) is 5.75 Å². The maximum atomic E-state index is 10.1. The number of guanidine groups is 1. The van der Waals surface area contributed by atoms with E-state index in [1.54, 1.807) is 6.07 Å². The van der Waals surface area contributed by atoms with Crippen molar-refractivity contribution in [2.45, 2.75) is 19.8 Å². The van der Waals surface area contributed by atoms with Gasteiger partial charge in [0.05, 0.1) is 18.9 Å². The molecule has 1 aromatic carbocycles. The SMILES string of the molecule is CCNC(=NCCCCN1CCOCC1)N1CCN(c2ccccc2O)CC1.I. The van der Waals surface area contributed by atoms with E-state index in [9.17, 15) is 5.11 Å². The first-order valence-corrected chi connectivity index (χ1v) is 10.6. The number of aromatic hydroxyl groups is 1. The number of benzene rings is 1. The van der Waals surface area contributed by atoms with Crippen molar-refractivity contribution in [1.82, 2.24) is 15.1 Å². The van der Waals surface area contributed by atoms with Gasteiger partial charge < -0.3 is 25.0 Å². The number of unbranched alkanes of at least 4 members (excludes halogenated alkanes) is 1. The summed E-state index contributed by atoms with van der Waals surface area (Å²) >= 11 is 0. The molecular weight excluding hydrogens is 481 g/mol. The van der Waals surface area contributed by atoms with Gasteiger partial charge in [-0.3, -0.25) is 9.89 Å². The maximum absolute atomic E-state index is 10.1. The first-order valence-electron chi connectivity index (χ1n) is 10.6. The summed E-state index contributed by atoms with van der Waals surface area (Å²) < 4.78 is 5.40. The van der Waals surface area contributed by atoms with Gasteiger partial charge in [0.15, 0.2) is 5.96 Å². The average Bonchev–Trinajstić information content (AvgIpc) is 2.74. The highest BCUT2D eigenvalue weighted by Crippen LogP contribution is 2.27. The normalized spacial score (nSPS) is 18.4. The van der Waals surface area contributed by atoms with Gasteiger partial charge in [0.25, 0.3) is 0 Å². The first kappa shape index (κ1) is 24.0. The summed E-state index contributed by atoms with van der Waals surface area (Å²) in [4.78, 5) is 11.9. The van der Waals surface area contributed by atoms with Crippen LogP contribution in [0.3, 0.4) is 0 Å². The van der Waals surface area contributed by atoms with Gasteiger partial charge in [-0.1, -0.05) is 12.1 Å². The van der Waals surface area contributed by atoms with E-state index in [-0.39, 0.29) is 24.0 Å². The van der Waals surface area contributed by atoms with Gasteiger partial charge >= 0.3 is 0 Å². The summed E-state index contributed by atoms with van der Waals surface area (Å²) in [6.07, 6.45) is 2.30. The van der Waals surface area contributed by atoms with Crippen LogP contribution in [0, 0.1) is 0 Å². The molecule has 2 fully saturated rings. The van der Waals surface area contributed by atoms with Crippen molar-refractivity contribution >= 4 is 35.6 Å². The third kappa shape index (κ3) is 7.49. The van der Waals surface area contributed by atoms with E-state index >= 15 is 0 Å². The molecule has 2 aliphatic heterocycles. The molecule has 1 aromatic rings. The van der Waals surface area contributed by atoms with Crippen molar-refractivity contribution in [2.75, 3.05) is 77.0 Å². The van der Waals surface area contributed by atoms with Crippen LogP contribution in [-0.4, -0.2) is 93.0 Å². The number of piperazine rings is 1. The van der Waals surface area contributed by atoms with E-state index < -0.39 is 0 Å². The molecule has 0 unspecified atom stereocenters. The fraction of sp³-hybridized carbons (Fsp3) is 0.667. The second-order valence-electron chi connectivity index (χ2n) is 7.36. The second kappa shape index (κ2) is 13.1. The zero-order chi connectivity index (χ0) is 19.6. The molecule has 8 heteroatoms. The number of phenols is 1. The summed E-state index contributed by atoms with van der Waals surface area (Å²) in [7, 11) is 0. The molecule has 0 aliphatic carbocycles. The number of ether oxygens (including phenoxy) is 1. The van der Waals surface area contributed by atoms with Crippen LogP contribution in [-0.2, 0) is 4.74 Å². The number of hydrogen-bond donors (Lipinski definition) is 2. The van der Waals surface area contributed by atoms with Gasteiger partial charge in [-0.05, 0) is 38.4 Å². The Balaban J connectivity index is 0.00000300. The Morgan fingerprint density at radius 2 is 1.79 bits per heavy atom. The number of hydrogen-bond acceptors (Lipinski definition) is 5. The maximum Gasteiger partial charge on any atom is 0.194 e. The lowest BCUT2D eigenvalue weighted by molar-refractivity contribution is 0.0373. The van der Waals surface area contributed by atoms with Crippen molar-refractivity contribution in [2.24, 2.45) is 4.99 Å².